The van der Waals surface area contributed by atoms with E-state index in [1.807, 2.05) is 23.1 Å². The van der Waals surface area contributed by atoms with E-state index in [9.17, 15) is 0 Å². The molecular formula is C11H12BrN3O. The lowest BCUT2D eigenvalue weighted by Gasteiger charge is -2.23. The minimum atomic E-state index is 0.0838. The Balaban J connectivity index is 2.05. The third-order valence-corrected chi connectivity index (χ3v) is 3.31. The lowest BCUT2D eigenvalue weighted by atomic mass is 10.2. The number of aromatic nitrogens is 3. The van der Waals surface area contributed by atoms with Gasteiger partial charge >= 0.3 is 0 Å². The Morgan fingerprint density at radius 1 is 1.38 bits per heavy atom. The zero-order valence-electron chi connectivity index (χ0n) is 8.77. The van der Waals surface area contributed by atoms with Crippen LogP contribution < -0.4 is 0 Å². The first kappa shape index (κ1) is 10.2. The van der Waals surface area contributed by atoms with Crippen LogP contribution in [0.1, 0.15) is 25.5 Å². The summed E-state index contributed by atoms with van der Waals surface area (Å²) >= 11 is 3.38. The summed E-state index contributed by atoms with van der Waals surface area (Å²) in [6.45, 7) is 0.832. The van der Waals surface area contributed by atoms with E-state index < -0.39 is 0 Å². The average molecular weight is 282 g/mol. The topological polar surface area (TPSA) is 39.9 Å². The fourth-order valence-electron chi connectivity index (χ4n) is 2.06. The molecule has 0 bridgehead atoms. The van der Waals surface area contributed by atoms with E-state index in [4.69, 9.17) is 4.74 Å². The summed E-state index contributed by atoms with van der Waals surface area (Å²) in [4.78, 5) is 4.19. The fraction of sp³-hybridized carbons (Fsp3) is 0.455. The molecule has 0 aromatic carbocycles. The number of ether oxygens (including phenoxy) is 1. The molecule has 1 saturated heterocycles. The van der Waals surface area contributed by atoms with Gasteiger partial charge in [0.05, 0.1) is 11.7 Å². The normalized spacial score (nSPS) is 21.4. The molecule has 3 heterocycles. The van der Waals surface area contributed by atoms with E-state index >= 15 is 0 Å². The Bertz CT molecular complexity index is 505. The van der Waals surface area contributed by atoms with Gasteiger partial charge < -0.3 is 4.74 Å². The fourth-order valence-corrected chi connectivity index (χ4v) is 2.38. The van der Waals surface area contributed by atoms with Crippen LogP contribution in [-0.4, -0.2) is 21.4 Å². The molecule has 2 aromatic rings. The van der Waals surface area contributed by atoms with E-state index in [1.165, 1.54) is 6.42 Å². The van der Waals surface area contributed by atoms with Gasteiger partial charge in [0.25, 0.3) is 0 Å². The second-order valence-corrected chi connectivity index (χ2v) is 4.79. The van der Waals surface area contributed by atoms with Crippen LogP contribution in [0.15, 0.2) is 23.1 Å². The summed E-state index contributed by atoms with van der Waals surface area (Å²) in [5.41, 5.74) is 1.08. The minimum absolute atomic E-state index is 0.0838. The van der Waals surface area contributed by atoms with Crippen molar-refractivity contribution in [1.29, 1.82) is 0 Å². The molecule has 3 rings (SSSR count). The number of nitrogens with zero attached hydrogens (tertiary/aromatic N) is 3. The number of hydrogen-bond acceptors (Lipinski definition) is 3. The Kier molecular flexibility index (Phi) is 2.65. The Labute approximate surface area is 102 Å². The Morgan fingerprint density at radius 3 is 3.12 bits per heavy atom. The summed E-state index contributed by atoms with van der Waals surface area (Å²) in [5.74, 6) is 0. The van der Waals surface area contributed by atoms with E-state index in [-0.39, 0.29) is 6.23 Å². The number of halogens is 1. The molecule has 1 aliphatic rings. The lowest BCUT2D eigenvalue weighted by molar-refractivity contribution is -0.0366. The highest BCUT2D eigenvalue weighted by molar-refractivity contribution is 9.10. The number of rotatable bonds is 1. The van der Waals surface area contributed by atoms with Gasteiger partial charge in [-0.1, -0.05) is 0 Å². The molecule has 5 heteroatoms. The quantitative estimate of drug-likeness (QED) is 0.755. The summed E-state index contributed by atoms with van der Waals surface area (Å²) in [5, 5.41) is 5.44. The van der Waals surface area contributed by atoms with Gasteiger partial charge in [-0.3, -0.25) is 0 Å². The molecule has 1 aliphatic heterocycles. The van der Waals surface area contributed by atoms with Crippen molar-refractivity contribution in [1.82, 2.24) is 14.8 Å². The minimum Gasteiger partial charge on any atom is -0.356 e. The smallest absolute Gasteiger partial charge is 0.150 e. The second kappa shape index (κ2) is 4.14. The molecule has 16 heavy (non-hydrogen) atoms. The molecule has 0 saturated carbocycles. The predicted molar refractivity (Wildman–Crippen MR) is 64.1 cm³/mol. The summed E-state index contributed by atoms with van der Waals surface area (Å²) in [6, 6.07) is 1.99. The Morgan fingerprint density at radius 2 is 2.31 bits per heavy atom. The van der Waals surface area contributed by atoms with Gasteiger partial charge in [-0.25, -0.2) is 9.67 Å². The summed E-state index contributed by atoms with van der Waals surface area (Å²) in [6.07, 6.45) is 7.15. The third kappa shape index (κ3) is 1.74. The zero-order valence-corrected chi connectivity index (χ0v) is 10.4. The average Bonchev–Trinajstić information content (AvgIpc) is 2.73. The number of fused-ring (bicyclic) bond motifs is 1. The van der Waals surface area contributed by atoms with Gasteiger partial charge in [0.2, 0.25) is 0 Å². The van der Waals surface area contributed by atoms with Gasteiger partial charge in [-0.15, -0.1) is 0 Å². The van der Waals surface area contributed by atoms with Crippen LogP contribution in [-0.2, 0) is 4.74 Å². The van der Waals surface area contributed by atoms with Crippen molar-refractivity contribution in [3.63, 3.8) is 0 Å². The molecule has 84 valence electrons. The number of hydrogen-bond donors (Lipinski definition) is 0. The molecule has 4 nitrogen and oxygen atoms in total. The van der Waals surface area contributed by atoms with Crippen molar-refractivity contribution >= 4 is 26.8 Å². The third-order valence-electron chi connectivity index (χ3n) is 2.88. The molecule has 0 radical (unpaired) electrons. The molecule has 0 spiro atoms. The van der Waals surface area contributed by atoms with Crippen LogP contribution in [0.2, 0.25) is 0 Å². The molecule has 0 aliphatic carbocycles. The molecule has 0 unspecified atom stereocenters. The van der Waals surface area contributed by atoms with Gasteiger partial charge in [-0.05, 0) is 41.3 Å². The monoisotopic (exact) mass is 281 g/mol. The maximum atomic E-state index is 5.74. The van der Waals surface area contributed by atoms with Crippen LogP contribution in [0, 0.1) is 0 Å². The predicted octanol–water partition coefficient (Wildman–Crippen LogP) is 2.89. The highest BCUT2D eigenvalue weighted by Crippen LogP contribution is 2.26. The van der Waals surface area contributed by atoms with E-state index in [1.54, 1.807) is 0 Å². The summed E-state index contributed by atoms with van der Waals surface area (Å²) < 4.78 is 8.53. The van der Waals surface area contributed by atoms with Crippen LogP contribution >= 0.6 is 15.9 Å². The first-order valence-corrected chi connectivity index (χ1v) is 6.24. The van der Waals surface area contributed by atoms with Gasteiger partial charge in [0.1, 0.15) is 4.60 Å². The van der Waals surface area contributed by atoms with Gasteiger partial charge in [-0.2, -0.15) is 5.10 Å². The van der Waals surface area contributed by atoms with Crippen molar-refractivity contribution in [2.24, 2.45) is 0 Å². The largest absolute Gasteiger partial charge is 0.356 e. The summed E-state index contributed by atoms with van der Waals surface area (Å²) in [7, 11) is 0. The van der Waals surface area contributed by atoms with Crippen LogP contribution in [0.25, 0.3) is 10.9 Å². The number of pyridine rings is 1. The van der Waals surface area contributed by atoms with Gasteiger partial charge in [0.15, 0.2) is 6.23 Å². The van der Waals surface area contributed by atoms with Crippen LogP contribution in [0.3, 0.4) is 0 Å². The first-order chi connectivity index (χ1) is 7.84. The second-order valence-electron chi connectivity index (χ2n) is 3.98. The van der Waals surface area contributed by atoms with Crippen molar-refractivity contribution in [2.75, 3.05) is 6.61 Å². The lowest BCUT2D eigenvalue weighted by Crippen LogP contribution is -2.18. The highest BCUT2D eigenvalue weighted by atomic mass is 79.9. The molecule has 2 aromatic heterocycles. The Hall–Kier alpha value is -0.940. The van der Waals surface area contributed by atoms with E-state index in [2.05, 4.69) is 26.0 Å². The highest BCUT2D eigenvalue weighted by Gasteiger charge is 2.18. The maximum Gasteiger partial charge on any atom is 0.150 e. The maximum absolute atomic E-state index is 5.74. The van der Waals surface area contributed by atoms with Crippen molar-refractivity contribution < 1.29 is 4.74 Å². The van der Waals surface area contributed by atoms with Crippen molar-refractivity contribution in [3.05, 3.63) is 23.1 Å². The van der Waals surface area contributed by atoms with E-state index in [0.29, 0.717) is 0 Å². The first-order valence-electron chi connectivity index (χ1n) is 5.45. The van der Waals surface area contributed by atoms with Crippen molar-refractivity contribution in [3.8, 4) is 0 Å². The molecule has 0 N–H and O–H groups in total. The SMILES string of the molecule is Brc1cc2c(cn1)cnn2[C@@H]1CCCCO1. The van der Waals surface area contributed by atoms with E-state index in [0.717, 1.165) is 35.0 Å². The zero-order chi connectivity index (χ0) is 11.0. The van der Waals surface area contributed by atoms with Crippen LogP contribution in [0.4, 0.5) is 0 Å². The molecular weight excluding hydrogens is 270 g/mol. The molecule has 0 amide bonds. The van der Waals surface area contributed by atoms with Crippen molar-refractivity contribution in [2.45, 2.75) is 25.5 Å². The van der Waals surface area contributed by atoms with Crippen LogP contribution in [0.5, 0.6) is 0 Å². The molecule has 1 atom stereocenters. The van der Waals surface area contributed by atoms with Gasteiger partial charge in [0, 0.05) is 18.2 Å². The molecule has 1 fully saturated rings. The standard InChI is InChI=1S/C11H12BrN3O/c12-10-5-9-8(6-13-10)7-14-15(9)11-3-1-2-4-16-11/h5-7,11H,1-4H2/t11-/m0/s1.